The van der Waals surface area contributed by atoms with Gasteiger partial charge in [0.2, 0.25) is 0 Å². The Morgan fingerprint density at radius 2 is 1.56 bits per heavy atom. The first-order valence-corrected chi connectivity index (χ1v) is 7.71. The van der Waals surface area contributed by atoms with Gasteiger partial charge in [0.05, 0.1) is 12.8 Å². The molecule has 1 aliphatic rings. The molecule has 0 spiro atoms. The van der Waals surface area contributed by atoms with E-state index in [1.807, 2.05) is 24.3 Å². The molecule has 1 aromatic rings. The molecule has 1 fully saturated rings. The summed E-state index contributed by atoms with van der Waals surface area (Å²) < 4.78 is 5.28. The van der Waals surface area contributed by atoms with Crippen LogP contribution in [0.3, 0.4) is 0 Å². The fraction of sp³-hybridized carbons (Fsp3) is 0.375. The molecule has 1 unspecified atom stereocenters. The molecule has 0 bridgehead atoms. The Labute approximate surface area is 154 Å². The van der Waals surface area contributed by atoms with Crippen molar-refractivity contribution >= 4 is 29.6 Å². The molecule has 2 rings (SSSR count). The third-order valence-corrected chi connectivity index (χ3v) is 3.17. The number of methoxy groups -OCH3 is 1. The van der Waals surface area contributed by atoms with Crippen LogP contribution in [0.25, 0.3) is 0 Å². The Balaban J connectivity index is 0.000000470. The predicted octanol–water partition coefficient (Wildman–Crippen LogP) is 0.170. The number of rotatable bonds is 4. The topological polar surface area (TPSA) is 182 Å². The second kappa shape index (κ2) is 12.9. The molecule has 1 atom stereocenters. The van der Waals surface area contributed by atoms with Crippen LogP contribution in [-0.2, 0) is 19.2 Å². The molecule has 1 saturated heterocycles. The summed E-state index contributed by atoms with van der Waals surface area (Å²) >= 11 is 0. The lowest BCUT2D eigenvalue weighted by Gasteiger charge is -2.14. The van der Waals surface area contributed by atoms with Gasteiger partial charge >= 0.3 is 23.9 Å². The summed E-state index contributed by atoms with van der Waals surface area (Å²) in [5.74, 6) is -6.38. The first-order valence-electron chi connectivity index (χ1n) is 7.71. The smallest absolute Gasteiger partial charge is 0.414 e. The van der Waals surface area contributed by atoms with E-state index in [-0.39, 0.29) is 0 Å². The number of carboxylic acid groups (broad SMARTS) is 4. The minimum absolute atomic E-state index is 0.606. The lowest BCUT2D eigenvalue weighted by molar-refractivity contribution is -0.159. The standard InChI is InChI=1S/C12H18N2O.2C2H2O4/c1-15-12-7-3-2-6-11(12)14-9-10-5-4-8-13-10;2*3-1(4)2(5)6/h2-3,6-7,10,13-14H,4-5,8-9H2,1H3;2*(H,3,4)(H,5,6). The van der Waals surface area contributed by atoms with Crippen molar-refractivity contribution in [3.05, 3.63) is 24.3 Å². The first kappa shape index (κ1) is 23.7. The third-order valence-electron chi connectivity index (χ3n) is 3.17. The molecule has 1 aromatic carbocycles. The molecule has 0 aromatic heterocycles. The molecule has 11 heteroatoms. The van der Waals surface area contributed by atoms with Gasteiger partial charge in [0.1, 0.15) is 5.75 Å². The molecular formula is C16H22N2O9. The van der Waals surface area contributed by atoms with E-state index in [0.29, 0.717) is 6.04 Å². The van der Waals surface area contributed by atoms with Gasteiger partial charge in [-0.1, -0.05) is 12.1 Å². The summed E-state index contributed by atoms with van der Waals surface area (Å²) in [6.07, 6.45) is 2.56. The molecule has 27 heavy (non-hydrogen) atoms. The number of aliphatic carboxylic acids is 4. The van der Waals surface area contributed by atoms with Crippen molar-refractivity contribution in [2.24, 2.45) is 0 Å². The van der Waals surface area contributed by atoms with E-state index in [0.717, 1.165) is 24.5 Å². The van der Waals surface area contributed by atoms with Crippen LogP contribution in [0.5, 0.6) is 5.75 Å². The van der Waals surface area contributed by atoms with Crippen LogP contribution < -0.4 is 15.4 Å². The molecule has 0 radical (unpaired) electrons. The van der Waals surface area contributed by atoms with Crippen molar-refractivity contribution in [3.8, 4) is 5.75 Å². The van der Waals surface area contributed by atoms with Gasteiger partial charge in [-0.15, -0.1) is 0 Å². The van der Waals surface area contributed by atoms with Crippen molar-refractivity contribution < 1.29 is 44.3 Å². The van der Waals surface area contributed by atoms with Gasteiger partial charge in [-0.25, -0.2) is 19.2 Å². The molecule has 1 aliphatic heterocycles. The molecule has 6 N–H and O–H groups in total. The SMILES string of the molecule is COc1ccccc1NCC1CCCN1.O=C(O)C(=O)O.O=C(O)C(=O)O. The number of hydrogen-bond acceptors (Lipinski definition) is 7. The second-order valence-electron chi connectivity index (χ2n) is 5.10. The average Bonchev–Trinajstić information content (AvgIpc) is 3.14. The molecular weight excluding hydrogens is 364 g/mol. The summed E-state index contributed by atoms with van der Waals surface area (Å²) in [5.41, 5.74) is 1.08. The fourth-order valence-corrected chi connectivity index (χ4v) is 1.95. The Morgan fingerprint density at radius 3 is 1.96 bits per heavy atom. The van der Waals surface area contributed by atoms with Gasteiger partial charge in [0, 0.05) is 12.6 Å². The van der Waals surface area contributed by atoms with Crippen molar-refractivity contribution in [3.63, 3.8) is 0 Å². The quantitative estimate of drug-likeness (QED) is 0.388. The van der Waals surface area contributed by atoms with E-state index < -0.39 is 23.9 Å². The number of para-hydroxylation sites is 2. The van der Waals surface area contributed by atoms with E-state index in [1.165, 1.54) is 12.8 Å². The van der Waals surface area contributed by atoms with Crippen LogP contribution in [-0.4, -0.2) is 70.5 Å². The third kappa shape index (κ3) is 11.0. The Bertz CT molecular complexity index is 595. The van der Waals surface area contributed by atoms with Crippen LogP contribution in [0.4, 0.5) is 5.69 Å². The van der Waals surface area contributed by atoms with Gasteiger partial charge in [-0.05, 0) is 31.5 Å². The van der Waals surface area contributed by atoms with Crippen LogP contribution in [0, 0.1) is 0 Å². The normalized spacial score (nSPS) is 14.5. The summed E-state index contributed by atoms with van der Waals surface area (Å²) in [4.78, 5) is 36.4. The highest BCUT2D eigenvalue weighted by Crippen LogP contribution is 2.23. The van der Waals surface area contributed by atoms with Gasteiger partial charge in [0.25, 0.3) is 0 Å². The predicted molar refractivity (Wildman–Crippen MR) is 93.1 cm³/mol. The maximum atomic E-state index is 9.10. The monoisotopic (exact) mass is 386 g/mol. The summed E-state index contributed by atoms with van der Waals surface area (Å²) in [5, 5.41) is 36.4. The number of benzene rings is 1. The largest absolute Gasteiger partial charge is 0.495 e. The van der Waals surface area contributed by atoms with Crippen molar-refractivity contribution in [1.82, 2.24) is 5.32 Å². The summed E-state index contributed by atoms with van der Waals surface area (Å²) in [6.45, 7) is 2.12. The van der Waals surface area contributed by atoms with E-state index in [1.54, 1.807) is 7.11 Å². The summed E-state index contributed by atoms with van der Waals surface area (Å²) in [7, 11) is 1.70. The molecule has 0 amide bonds. The minimum atomic E-state index is -1.82. The van der Waals surface area contributed by atoms with E-state index >= 15 is 0 Å². The summed E-state index contributed by atoms with van der Waals surface area (Å²) in [6, 6.07) is 8.64. The molecule has 1 heterocycles. The lowest BCUT2D eigenvalue weighted by Crippen LogP contribution is -2.29. The Kier molecular flexibility index (Phi) is 11.3. The van der Waals surface area contributed by atoms with Gasteiger partial charge in [-0.3, -0.25) is 0 Å². The number of ether oxygens (including phenoxy) is 1. The number of hydrogen-bond donors (Lipinski definition) is 6. The zero-order valence-electron chi connectivity index (χ0n) is 14.5. The molecule has 11 nitrogen and oxygen atoms in total. The van der Waals surface area contributed by atoms with Crippen LogP contribution in [0.2, 0.25) is 0 Å². The number of anilines is 1. The van der Waals surface area contributed by atoms with Crippen molar-refractivity contribution in [2.75, 3.05) is 25.5 Å². The van der Waals surface area contributed by atoms with Crippen LogP contribution in [0.15, 0.2) is 24.3 Å². The zero-order valence-corrected chi connectivity index (χ0v) is 14.5. The Hall–Kier alpha value is -3.34. The highest BCUT2D eigenvalue weighted by molar-refractivity contribution is 6.27. The molecule has 0 saturated carbocycles. The number of carboxylic acids is 4. The van der Waals surface area contributed by atoms with Crippen LogP contribution >= 0.6 is 0 Å². The van der Waals surface area contributed by atoms with E-state index in [2.05, 4.69) is 10.6 Å². The van der Waals surface area contributed by atoms with Gasteiger partial charge < -0.3 is 35.8 Å². The highest BCUT2D eigenvalue weighted by Gasteiger charge is 2.13. The maximum absolute atomic E-state index is 9.10. The van der Waals surface area contributed by atoms with Gasteiger partial charge in [-0.2, -0.15) is 0 Å². The number of nitrogens with one attached hydrogen (secondary N) is 2. The van der Waals surface area contributed by atoms with E-state index in [9.17, 15) is 0 Å². The fourth-order valence-electron chi connectivity index (χ4n) is 1.95. The minimum Gasteiger partial charge on any atom is -0.495 e. The van der Waals surface area contributed by atoms with Crippen LogP contribution in [0.1, 0.15) is 12.8 Å². The van der Waals surface area contributed by atoms with Gasteiger partial charge in [0.15, 0.2) is 0 Å². The zero-order chi connectivity index (χ0) is 20.8. The average molecular weight is 386 g/mol. The van der Waals surface area contributed by atoms with Crippen molar-refractivity contribution in [2.45, 2.75) is 18.9 Å². The Morgan fingerprint density at radius 1 is 1.04 bits per heavy atom. The lowest BCUT2D eigenvalue weighted by atomic mass is 10.2. The molecule has 150 valence electrons. The molecule has 0 aliphatic carbocycles. The van der Waals surface area contributed by atoms with E-state index in [4.69, 9.17) is 44.3 Å². The van der Waals surface area contributed by atoms with Crippen molar-refractivity contribution in [1.29, 1.82) is 0 Å². The second-order valence-corrected chi connectivity index (χ2v) is 5.10. The maximum Gasteiger partial charge on any atom is 0.414 e. The first-order chi connectivity index (χ1) is 12.7. The number of carbonyl (C=O) groups is 4. The highest BCUT2D eigenvalue weighted by atomic mass is 16.5.